The van der Waals surface area contributed by atoms with Gasteiger partial charge in [0.2, 0.25) is 5.91 Å². The van der Waals surface area contributed by atoms with Gasteiger partial charge >= 0.3 is 0 Å². The van der Waals surface area contributed by atoms with E-state index in [0.29, 0.717) is 29.7 Å². The van der Waals surface area contributed by atoms with E-state index in [-0.39, 0.29) is 18.0 Å². The average Bonchev–Trinajstić information content (AvgIpc) is 2.51. The minimum Gasteiger partial charge on any atom is -0.368 e. The third kappa shape index (κ3) is 2.75. The number of rotatable bonds is 5. The second kappa shape index (κ2) is 5.93. The molecule has 1 atom stereocenters. The smallest absolute Gasteiger partial charge is 0.238 e. The van der Waals surface area contributed by atoms with Gasteiger partial charge in [0.1, 0.15) is 11.4 Å². The van der Waals surface area contributed by atoms with Gasteiger partial charge in [-0.15, -0.1) is 0 Å². The molecule has 0 spiro atoms. The highest BCUT2D eigenvalue weighted by atomic mass is 19.1. The Bertz CT molecular complexity index is 769. The number of carbonyl (C=O) groups is 2. The van der Waals surface area contributed by atoms with Crippen LogP contribution in [0, 0.1) is 5.82 Å². The minimum atomic E-state index is -0.973. The summed E-state index contributed by atoms with van der Waals surface area (Å²) in [4.78, 5) is 24.3. The number of ketones is 1. The zero-order chi connectivity index (χ0) is 16.4. The molecule has 1 fully saturated rings. The predicted molar refractivity (Wildman–Crippen MR) is 85.3 cm³/mol. The van der Waals surface area contributed by atoms with Crippen molar-refractivity contribution in [1.82, 2.24) is 5.32 Å². The van der Waals surface area contributed by atoms with Gasteiger partial charge in [0.25, 0.3) is 0 Å². The molecule has 3 N–H and O–H groups in total. The first-order valence-electron chi connectivity index (χ1n) is 7.45. The van der Waals surface area contributed by atoms with Gasteiger partial charge in [-0.2, -0.15) is 0 Å². The van der Waals surface area contributed by atoms with Crippen LogP contribution in [0.15, 0.2) is 48.5 Å². The van der Waals surface area contributed by atoms with Gasteiger partial charge in [0.05, 0.1) is 0 Å². The van der Waals surface area contributed by atoms with E-state index in [0.717, 1.165) is 0 Å². The Balaban J connectivity index is 1.96. The van der Waals surface area contributed by atoms with Crippen LogP contribution in [0.2, 0.25) is 0 Å². The lowest BCUT2D eigenvalue weighted by Gasteiger charge is -2.39. The van der Waals surface area contributed by atoms with Crippen LogP contribution in [0.4, 0.5) is 4.39 Å². The molecule has 23 heavy (non-hydrogen) atoms. The van der Waals surface area contributed by atoms with E-state index in [1.807, 2.05) is 0 Å². The summed E-state index contributed by atoms with van der Waals surface area (Å²) in [7, 11) is 0. The summed E-state index contributed by atoms with van der Waals surface area (Å²) in [5.74, 6) is -1.14. The molecule has 2 aromatic rings. The van der Waals surface area contributed by atoms with Crippen molar-refractivity contribution in [2.24, 2.45) is 5.73 Å². The van der Waals surface area contributed by atoms with Gasteiger partial charge in [0.15, 0.2) is 5.78 Å². The van der Waals surface area contributed by atoms with Gasteiger partial charge < -0.3 is 11.1 Å². The predicted octanol–water partition coefficient (Wildman–Crippen LogP) is 2.28. The van der Waals surface area contributed by atoms with Crippen molar-refractivity contribution in [3.05, 3.63) is 59.9 Å². The average molecular weight is 312 g/mol. The fraction of sp³-hybridized carbons (Fsp3) is 0.222. The maximum atomic E-state index is 14.1. The van der Waals surface area contributed by atoms with E-state index in [9.17, 15) is 14.0 Å². The van der Waals surface area contributed by atoms with Crippen LogP contribution in [-0.4, -0.2) is 23.8 Å². The lowest BCUT2D eigenvalue weighted by molar-refractivity contribution is -0.127. The summed E-state index contributed by atoms with van der Waals surface area (Å²) < 4.78 is 14.1. The molecule has 3 rings (SSSR count). The van der Waals surface area contributed by atoms with E-state index >= 15 is 0 Å². The first kappa shape index (κ1) is 15.4. The van der Waals surface area contributed by atoms with Crippen LogP contribution >= 0.6 is 0 Å². The molecule has 0 radical (unpaired) electrons. The van der Waals surface area contributed by atoms with Gasteiger partial charge in [-0.05, 0) is 24.6 Å². The molecule has 0 aromatic heterocycles. The number of Topliss-reactive ketones (excluding diaryl/α,β-unsaturated/α-hetero) is 1. The monoisotopic (exact) mass is 312 g/mol. The van der Waals surface area contributed by atoms with Gasteiger partial charge in [-0.3, -0.25) is 9.59 Å². The quantitative estimate of drug-likeness (QED) is 0.832. The Kier molecular flexibility index (Phi) is 3.96. The minimum absolute atomic E-state index is 0.0200. The van der Waals surface area contributed by atoms with Crippen LogP contribution in [0.25, 0.3) is 11.1 Å². The molecule has 118 valence electrons. The second-order valence-corrected chi connectivity index (χ2v) is 5.75. The second-order valence-electron chi connectivity index (χ2n) is 5.75. The summed E-state index contributed by atoms with van der Waals surface area (Å²) in [6.45, 7) is 0.658. The van der Waals surface area contributed by atoms with Crippen LogP contribution < -0.4 is 11.1 Å². The van der Waals surface area contributed by atoms with Crippen molar-refractivity contribution in [3.63, 3.8) is 0 Å². The van der Waals surface area contributed by atoms with E-state index in [1.165, 1.54) is 6.07 Å². The highest BCUT2D eigenvalue weighted by Crippen LogP contribution is 2.30. The zero-order valence-electron chi connectivity index (χ0n) is 12.5. The molecule has 1 saturated heterocycles. The standard InChI is InChI=1S/C18H17FN2O2/c19-15-8-4-3-6-13(15)12-5-1-2-7-14(12)16(22)11-18(17(20)23)9-10-21-18/h1-8,21H,9-11H2,(H2,20,23). The van der Waals surface area contributed by atoms with Crippen LogP contribution in [-0.2, 0) is 4.79 Å². The Morgan fingerprint density at radius 3 is 2.26 bits per heavy atom. The van der Waals surface area contributed by atoms with E-state index < -0.39 is 11.4 Å². The van der Waals surface area contributed by atoms with E-state index in [4.69, 9.17) is 5.73 Å². The topological polar surface area (TPSA) is 72.2 Å². The first-order valence-corrected chi connectivity index (χ1v) is 7.45. The fourth-order valence-corrected chi connectivity index (χ4v) is 2.89. The van der Waals surface area contributed by atoms with Crippen molar-refractivity contribution in [1.29, 1.82) is 0 Å². The molecule has 0 bridgehead atoms. The summed E-state index contributed by atoms with van der Waals surface area (Å²) in [5.41, 5.74) is 5.73. The number of halogens is 1. The molecule has 1 heterocycles. The summed E-state index contributed by atoms with van der Waals surface area (Å²) in [6, 6.07) is 13.1. The molecule has 0 aliphatic carbocycles. The van der Waals surface area contributed by atoms with Crippen molar-refractivity contribution in [2.75, 3.05) is 6.54 Å². The fourth-order valence-electron chi connectivity index (χ4n) is 2.89. The maximum Gasteiger partial charge on any atom is 0.238 e. The third-order valence-corrected chi connectivity index (χ3v) is 4.34. The number of primary amides is 1. The number of nitrogens with one attached hydrogen (secondary N) is 1. The number of hydrogen-bond donors (Lipinski definition) is 2. The molecular weight excluding hydrogens is 295 g/mol. The normalized spacial score (nSPS) is 19.9. The molecule has 1 unspecified atom stereocenters. The molecular formula is C18H17FN2O2. The Morgan fingerprint density at radius 1 is 1.09 bits per heavy atom. The molecule has 2 aromatic carbocycles. The number of carbonyl (C=O) groups excluding carboxylic acids is 2. The third-order valence-electron chi connectivity index (χ3n) is 4.34. The first-order chi connectivity index (χ1) is 11.0. The lowest BCUT2D eigenvalue weighted by Crippen LogP contribution is -2.65. The summed E-state index contributed by atoms with van der Waals surface area (Å²) in [6.07, 6.45) is 0.518. The van der Waals surface area contributed by atoms with Crippen molar-refractivity contribution in [2.45, 2.75) is 18.4 Å². The molecule has 5 heteroatoms. The number of hydrogen-bond acceptors (Lipinski definition) is 3. The lowest BCUT2D eigenvalue weighted by atomic mass is 9.80. The molecule has 0 saturated carbocycles. The Labute approximate surface area is 133 Å². The van der Waals surface area contributed by atoms with Crippen molar-refractivity contribution < 1.29 is 14.0 Å². The van der Waals surface area contributed by atoms with E-state index in [2.05, 4.69) is 5.32 Å². The van der Waals surface area contributed by atoms with Crippen LogP contribution in [0.5, 0.6) is 0 Å². The molecule has 1 amide bonds. The Morgan fingerprint density at radius 2 is 1.70 bits per heavy atom. The molecule has 1 aliphatic rings. The number of amides is 1. The highest BCUT2D eigenvalue weighted by molar-refractivity contribution is 6.05. The van der Waals surface area contributed by atoms with Crippen LogP contribution in [0.3, 0.4) is 0 Å². The summed E-state index contributed by atoms with van der Waals surface area (Å²) >= 11 is 0. The SMILES string of the molecule is NC(=O)C1(CC(=O)c2ccccc2-c2ccccc2F)CCN1. The maximum absolute atomic E-state index is 14.1. The van der Waals surface area contributed by atoms with Crippen molar-refractivity contribution >= 4 is 11.7 Å². The van der Waals surface area contributed by atoms with E-state index in [1.54, 1.807) is 42.5 Å². The summed E-state index contributed by atoms with van der Waals surface area (Å²) in [5, 5.41) is 2.96. The highest BCUT2D eigenvalue weighted by Gasteiger charge is 2.44. The molecule has 4 nitrogen and oxygen atoms in total. The van der Waals surface area contributed by atoms with Crippen LogP contribution in [0.1, 0.15) is 23.2 Å². The van der Waals surface area contributed by atoms with Crippen molar-refractivity contribution in [3.8, 4) is 11.1 Å². The Hall–Kier alpha value is -2.53. The zero-order valence-corrected chi connectivity index (χ0v) is 12.5. The number of benzene rings is 2. The largest absolute Gasteiger partial charge is 0.368 e. The van der Waals surface area contributed by atoms with Gasteiger partial charge in [-0.25, -0.2) is 4.39 Å². The molecule has 1 aliphatic heterocycles. The van der Waals surface area contributed by atoms with Gasteiger partial charge in [-0.1, -0.05) is 42.5 Å². The number of nitrogens with two attached hydrogens (primary N) is 1. The van der Waals surface area contributed by atoms with Gasteiger partial charge in [0, 0.05) is 17.5 Å².